The normalized spacial score (nSPS) is 18.8. The Bertz CT molecular complexity index is 1180. The number of aromatic nitrogens is 1. The summed E-state index contributed by atoms with van der Waals surface area (Å²) in [6.07, 6.45) is 2.70. The molecule has 34 heavy (non-hydrogen) atoms. The molecule has 0 spiro atoms. The SMILES string of the molecule is CCN1CCN(c2c(C=C3SC(=S)N(CCC(C)C)C3=O)c(=O)n(CC)c3ccccc23)CC1. The van der Waals surface area contributed by atoms with Gasteiger partial charge in [0.1, 0.15) is 4.32 Å². The van der Waals surface area contributed by atoms with E-state index in [0.29, 0.717) is 33.8 Å². The summed E-state index contributed by atoms with van der Waals surface area (Å²) in [5.74, 6) is 0.396. The van der Waals surface area contributed by atoms with Gasteiger partial charge in [-0.3, -0.25) is 14.5 Å². The lowest BCUT2D eigenvalue weighted by atomic mass is 10.0. The lowest BCUT2D eigenvalue weighted by molar-refractivity contribution is -0.122. The number of carbonyl (C=O) groups excluding carboxylic acids is 1. The minimum atomic E-state index is -0.0898. The fourth-order valence-electron chi connectivity index (χ4n) is 4.69. The summed E-state index contributed by atoms with van der Waals surface area (Å²) in [5, 5.41) is 1.05. The Morgan fingerprint density at radius 1 is 1.06 bits per heavy atom. The van der Waals surface area contributed by atoms with E-state index >= 15 is 0 Å². The molecular weight excluding hydrogens is 464 g/mol. The summed E-state index contributed by atoms with van der Waals surface area (Å²) in [4.78, 5) is 34.0. The van der Waals surface area contributed by atoms with Crippen molar-refractivity contribution in [3.8, 4) is 0 Å². The van der Waals surface area contributed by atoms with Gasteiger partial charge >= 0.3 is 0 Å². The van der Waals surface area contributed by atoms with Crippen molar-refractivity contribution in [1.29, 1.82) is 0 Å². The van der Waals surface area contributed by atoms with E-state index in [4.69, 9.17) is 12.2 Å². The Kier molecular flexibility index (Phi) is 7.80. The predicted octanol–water partition coefficient (Wildman–Crippen LogP) is 4.41. The van der Waals surface area contributed by atoms with Crippen LogP contribution in [-0.2, 0) is 11.3 Å². The topological polar surface area (TPSA) is 48.8 Å². The van der Waals surface area contributed by atoms with Gasteiger partial charge in [0.05, 0.1) is 21.7 Å². The van der Waals surface area contributed by atoms with Crippen molar-refractivity contribution in [2.45, 2.75) is 40.7 Å². The van der Waals surface area contributed by atoms with Crippen LogP contribution in [0.15, 0.2) is 34.0 Å². The number of aryl methyl sites for hydroxylation is 1. The third-order valence-electron chi connectivity index (χ3n) is 6.71. The molecule has 1 amide bonds. The molecule has 0 saturated carbocycles. The van der Waals surface area contributed by atoms with Gasteiger partial charge < -0.3 is 14.4 Å². The van der Waals surface area contributed by atoms with E-state index in [1.807, 2.05) is 29.7 Å². The van der Waals surface area contributed by atoms with Crippen LogP contribution in [0.5, 0.6) is 0 Å². The number of anilines is 1. The standard InChI is InChI=1S/C26H34N4O2S2/c1-5-27-13-15-28(16-14-27)23-19-9-7-8-10-21(19)29(6-2)24(31)20(23)17-22-25(32)30(26(33)34-22)12-11-18(3)4/h7-10,17-18H,5-6,11-16H2,1-4H3. The van der Waals surface area contributed by atoms with Crippen LogP contribution < -0.4 is 10.5 Å². The van der Waals surface area contributed by atoms with Crippen LogP contribution in [0.3, 0.4) is 0 Å². The second-order valence-electron chi connectivity index (χ2n) is 9.27. The molecule has 0 N–H and O–H groups in total. The zero-order chi connectivity index (χ0) is 24.4. The van der Waals surface area contributed by atoms with Gasteiger partial charge in [-0.15, -0.1) is 0 Å². The lowest BCUT2D eigenvalue weighted by Crippen LogP contribution is -2.47. The highest BCUT2D eigenvalue weighted by molar-refractivity contribution is 8.26. The number of nitrogens with zero attached hydrogens (tertiary/aromatic N) is 4. The summed E-state index contributed by atoms with van der Waals surface area (Å²) < 4.78 is 2.39. The van der Waals surface area contributed by atoms with Crippen molar-refractivity contribution in [3.05, 3.63) is 45.1 Å². The van der Waals surface area contributed by atoms with E-state index in [2.05, 4.69) is 36.6 Å². The molecule has 3 heterocycles. The number of likely N-dealkylation sites (N-methyl/N-ethyl adjacent to an activating group) is 1. The Morgan fingerprint density at radius 3 is 2.41 bits per heavy atom. The number of hydrogen-bond acceptors (Lipinski definition) is 6. The van der Waals surface area contributed by atoms with Crippen molar-refractivity contribution >= 4 is 56.9 Å². The number of amides is 1. The Hall–Kier alpha value is -2.16. The molecule has 1 aromatic carbocycles. The number of pyridine rings is 1. The number of benzene rings is 1. The van der Waals surface area contributed by atoms with Crippen LogP contribution in [-0.4, -0.2) is 63.9 Å². The van der Waals surface area contributed by atoms with Crippen molar-refractivity contribution in [2.24, 2.45) is 5.92 Å². The molecule has 1 aromatic heterocycles. The maximum absolute atomic E-state index is 13.8. The van der Waals surface area contributed by atoms with Gasteiger partial charge in [-0.1, -0.05) is 63.0 Å². The van der Waals surface area contributed by atoms with Gasteiger partial charge in [0, 0.05) is 44.7 Å². The van der Waals surface area contributed by atoms with E-state index in [-0.39, 0.29) is 11.5 Å². The molecule has 2 aromatic rings. The van der Waals surface area contributed by atoms with E-state index in [1.165, 1.54) is 11.8 Å². The van der Waals surface area contributed by atoms with Crippen LogP contribution in [0.1, 0.15) is 39.7 Å². The molecule has 4 rings (SSSR count). The minimum Gasteiger partial charge on any atom is -0.368 e. The predicted molar refractivity (Wildman–Crippen MR) is 148 cm³/mol. The first-order valence-electron chi connectivity index (χ1n) is 12.2. The maximum atomic E-state index is 13.8. The molecule has 0 bridgehead atoms. The molecule has 2 saturated heterocycles. The number of thiocarbonyl (C=S) groups is 1. The first-order valence-corrected chi connectivity index (χ1v) is 13.5. The summed E-state index contributed by atoms with van der Waals surface area (Å²) in [7, 11) is 0. The minimum absolute atomic E-state index is 0.0541. The fraction of sp³-hybridized carbons (Fsp3) is 0.500. The Labute approximate surface area is 211 Å². The molecule has 2 aliphatic heterocycles. The second kappa shape index (κ2) is 10.6. The summed E-state index contributed by atoms with van der Waals surface area (Å²) in [5.41, 5.74) is 2.41. The number of hydrogen-bond donors (Lipinski definition) is 0. The van der Waals surface area contributed by atoms with E-state index in [1.54, 1.807) is 11.0 Å². The smallest absolute Gasteiger partial charge is 0.266 e. The third kappa shape index (κ3) is 4.81. The van der Waals surface area contributed by atoms with Gasteiger partial charge in [0.15, 0.2) is 0 Å². The third-order valence-corrected chi connectivity index (χ3v) is 8.09. The van der Waals surface area contributed by atoms with Gasteiger partial charge in [-0.05, 0) is 37.9 Å². The molecule has 0 unspecified atom stereocenters. The number of para-hydroxylation sites is 1. The number of rotatable bonds is 7. The van der Waals surface area contributed by atoms with E-state index in [9.17, 15) is 9.59 Å². The number of carbonyl (C=O) groups is 1. The van der Waals surface area contributed by atoms with Crippen LogP contribution >= 0.6 is 24.0 Å². The largest absolute Gasteiger partial charge is 0.368 e. The number of thioether (sulfide) groups is 1. The van der Waals surface area contributed by atoms with E-state index < -0.39 is 0 Å². The molecule has 0 atom stereocenters. The van der Waals surface area contributed by atoms with Crippen molar-refractivity contribution in [2.75, 3.05) is 44.2 Å². The highest BCUT2D eigenvalue weighted by atomic mass is 32.2. The molecule has 0 radical (unpaired) electrons. The molecule has 6 nitrogen and oxygen atoms in total. The van der Waals surface area contributed by atoms with Crippen LogP contribution in [0, 0.1) is 5.92 Å². The van der Waals surface area contributed by atoms with E-state index in [0.717, 1.165) is 55.7 Å². The molecule has 2 fully saturated rings. The average Bonchev–Trinajstić information content (AvgIpc) is 3.10. The highest BCUT2D eigenvalue weighted by Gasteiger charge is 2.33. The van der Waals surface area contributed by atoms with Crippen LogP contribution in [0.4, 0.5) is 5.69 Å². The Morgan fingerprint density at radius 2 is 1.76 bits per heavy atom. The maximum Gasteiger partial charge on any atom is 0.266 e. The molecule has 0 aliphatic carbocycles. The summed E-state index contributed by atoms with van der Waals surface area (Å²) in [6, 6.07) is 8.11. The Balaban J connectivity index is 1.84. The zero-order valence-corrected chi connectivity index (χ0v) is 22.2. The van der Waals surface area contributed by atoms with Crippen LogP contribution in [0.25, 0.3) is 17.0 Å². The van der Waals surface area contributed by atoms with Gasteiger partial charge in [0.25, 0.3) is 11.5 Å². The summed E-state index contributed by atoms with van der Waals surface area (Å²) in [6.45, 7) is 14.3. The highest BCUT2D eigenvalue weighted by Crippen LogP contribution is 2.36. The molecule has 2 aliphatic rings. The van der Waals surface area contributed by atoms with Gasteiger partial charge in [-0.25, -0.2) is 0 Å². The fourth-order valence-corrected chi connectivity index (χ4v) is 5.98. The lowest BCUT2D eigenvalue weighted by Gasteiger charge is -2.37. The van der Waals surface area contributed by atoms with Crippen LogP contribution in [0.2, 0.25) is 0 Å². The van der Waals surface area contributed by atoms with Gasteiger partial charge in [-0.2, -0.15) is 0 Å². The van der Waals surface area contributed by atoms with Crippen molar-refractivity contribution in [1.82, 2.24) is 14.4 Å². The second-order valence-corrected chi connectivity index (χ2v) is 10.9. The zero-order valence-electron chi connectivity index (χ0n) is 20.5. The quantitative estimate of drug-likeness (QED) is 0.416. The molecular formula is C26H34N4O2S2. The van der Waals surface area contributed by atoms with Gasteiger partial charge in [0.2, 0.25) is 0 Å². The van der Waals surface area contributed by atoms with Crippen molar-refractivity contribution in [3.63, 3.8) is 0 Å². The number of piperazine rings is 1. The summed E-state index contributed by atoms with van der Waals surface area (Å²) >= 11 is 6.84. The number of fused-ring (bicyclic) bond motifs is 1. The average molecular weight is 499 g/mol. The first-order chi connectivity index (χ1) is 16.3. The monoisotopic (exact) mass is 498 g/mol. The molecule has 182 valence electrons. The first kappa shape index (κ1) is 24.9. The molecule has 8 heteroatoms. The van der Waals surface area contributed by atoms with Crippen molar-refractivity contribution < 1.29 is 4.79 Å².